The van der Waals surface area contributed by atoms with Crippen molar-refractivity contribution >= 4 is 16.7 Å². The van der Waals surface area contributed by atoms with Crippen molar-refractivity contribution < 1.29 is 14.1 Å². The van der Waals surface area contributed by atoms with Gasteiger partial charge in [0.25, 0.3) is 0 Å². The van der Waals surface area contributed by atoms with Crippen LogP contribution in [0.3, 0.4) is 0 Å². The molecule has 1 aromatic carbocycles. The molecule has 0 amide bonds. The summed E-state index contributed by atoms with van der Waals surface area (Å²) in [4.78, 5) is 0. The van der Waals surface area contributed by atoms with E-state index in [4.69, 9.17) is 4.74 Å². The number of ether oxygens (including phenoxy) is 1. The molecule has 1 atom stereocenters. The number of phenols is 1. The number of benzene rings is 1. The number of hydrogen-bond donors (Lipinski definition) is 1. The summed E-state index contributed by atoms with van der Waals surface area (Å²) in [5, 5.41) is 9.53. The Balaban J connectivity index is 2.68. The minimum absolute atomic E-state index is 0.135. The van der Waals surface area contributed by atoms with Crippen LogP contribution < -0.4 is 4.74 Å². The van der Waals surface area contributed by atoms with Crippen LogP contribution in [0.2, 0.25) is 0 Å². The quantitative estimate of drug-likeness (QED) is 0.849. The Kier molecular flexibility index (Phi) is 5.74. The third kappa shape index (κ3) is 4.96. The topological polar surface area (TPSA) is 58.9 Å². The van der Waals surface area contributed by atoms with E-state index in [0.29, 0.717) is 5.75 Å². The molecule has 1 rings (SSSR count). The highest BCUT2D eigenvalue weighted by Gasteiger charge is 2.18. The van der Waals surface area contributed by atoms with E-state index in [1.54, 1.807) is 6.07 Å². The van der Waals surface area contributed by atoms with Gasteiger partial charge in [0.15, 0.2) is 11.5 Å². The van der Waals surface area contributed by atoms with Gasteiger partial charge in [-0.25, -0.2) is 4.21 Å². The van der Waals surface area contributed by atoms with E-state index in [1.807, 2.05) is 39.8 Å². The summed E-state index contributed by atoms with van der Waals surface area (Å²) in [6.45, 7) is 7.61. The molecular weight excluding hydrogens is 274 g/mol. The smallest absolute Gasteiger partial charge is 0.160 e. The van der Waals surface area contributed by atoms with E-state index in [2.05, 4.69) is 4.40 Å². The van der Waals surface area contributed by atoms with Gasteiger partial charge in [-0.2, -0.15) is 4.40 Å². The molecule has 0 aliphatic rings. The highest BCUT2D eigenvalue weighted by Crippen LogP contribution is 2.26. The number of rotatable bonds is 5. The molecule has 0 aliphatic heterocycles. The van der Waals surface area contributed by atoms with Crippen molar-refractivity contribution in [3.05, 3.63) is 23.8 Å². The molecule has 0 aromatic heterocycles. The molecule has 1 aromatic rings. The molecule has 0 fully saturated rings. The maximum absolute atomic E-state index is 11.9. The first-order valence-electron chi connectivity index (χ1n) is 6.56. The van der Waals surface area contributed by atoms with Crippen LogP contribution in [0, 0.1) is 0 Å². The molecule has 1 N–H and O–H groups in total. The molecule has 5 heteroatoms. The average Bonchev–Trinajstić information content (AvgIpc) is 2.36. The van der Waals surface area contributed by atoms with Crippen LogP contribution >= 0.6 is 0 Å². The highest BCUT2D eigenvalue weighted by molar-refractivity contribution is 7.85. The first kappa shape index (κ1) is 16.7. The molecular formula is C15H23NO3S. The second-order valence-electron chi connectivity index (χ2n) is 5.69. The number of aryl methyl sites for hydroxylation is 1. The van der Waals surface area contributed by atoms with Gasteiger partial charge < -0.3 is 9.84 Å². The van der Waals surface area contributed by atoms with Crippen LogP contribution in [0.1, 0.15) is 39.7 Å². The first-order valence-corrected chi connectivity index (χ1v) is 7.66. The monoisotopic (exact) mass is 297 g/mol. The fourth-order valence-corrected chi connectivity index (χ4v) is 2.18. The van der Waals surface area contributed by atoms with Crippen LogP contribution in [0.4, 0.5) is 0 Å². The maximum atomic E-state index is 11.9. The second-order valence-corrected chi connectivity index (χ2v) is 7.60. The largest absolute Gasteiger partial charge is 0.504 e. The Morgan fingerprint density at radius 3 is 2.60 bits per heavy atom. The van der Waals surface area contributed by atoms with E-state index in [9.17, 15) is 9.32 Å². The minimum atomic E-state index is -1.21. The van der Waals surface area contributed by atoms with Crippen molar-refractivity contribution in [3.63, 3.8) is 0 Å². The van der Waals surface area contributed by atoms with Crippen molar-refractivity contribution in [1.29, 1.82) is 0 Å². The van der Waals surface area contributed by atoms with Crippen LogP contribution in [0.15, 0.2) is 22.6 Å². The van der Waals surface area contributed by atoms with Crippen molar-refractivity contribution in [1.82, 2.24) is 0 Å². The molecule has 0 heterocycles. The molecule has 4 nitrogen and oxygen atoms in total. The Bertz CT molecular complexity index is 518. The van der Waals surface area contributed by atoms with Gasteiger partial charge >= 0.3 is 0 Å². The summed E-state index contributed by atoms with van der Waals surface area (Å²) in [5.74, 6) is 0.603. The van der Waals surface area contributed by atoms with Gasteiger partial charge in [-0.1, -0.05) is 6.07 Å². The third-order valence-electron chi connectivity index (χ3n) is 2.78. The van der Waals surface area contributed by atoms with Gasteiger partial charge in [0.2, 0.25) is 0 Å². The lowest BCUT2D eigenvalue weighted by molar-refractivity contribution is 0.373. The zero-order valence-corrected chi connectivity index (χ0v) is 13.6. The zero-order chi connectivity index (χ0) is 15.3. The molecule has 20 heavy (non-hydrogen) atoms. The molecule has 1 unspecified atom stereocenters. The van der Waals surface area contributed by atoms with E-state index in [1.165, 1.54) is 7.11 Å². The Morgan fingerprint density at radius 1 is 1.40 bits per heavy atom. The zero-order valence-electron chi connectivity index (χ0n) is 12.8. The first-order chi connectivity index (χ1) is 9.24. The maximum Gasteiger partial charge on any atom is 0.160 e. The molecule has 0 saturated heterocycles. The lowest BCUT2D eigenvalue weighted by Gasteiger charge is -2.14. The SMILES string of the molecule is COc1cc(CCC(C)=NS(=O)C(C)(C)C)ccc1O. The summed E-state index contributed by atoms with van der Waals surface area (Å²) < 4.78 is 20.9. The lowest BCUT2D eigenvalue weighted by atomic mass is 10.1. The molecule has 0 bridgehead atoms. The van der Waals surface area contributed by atoms with Crippen LogP contribution in [0.5, 0.6) is 11.5 Å². The van der Waals surface area contributed by atoms with E-state index < -0.39 is 11.0 Å². The van der Waals surface area contributed by atoms with Crippen LogP contribution in [-0.2, 0) is 17.4 Å². The number of methoxy groups -OCH3 is 1. The standard InChI is InChI=1S/C15H23NO3S/c1-11(16-20(18)15(2,3)4)6-7-12-8-9-13(17)14(10-12)19-5/h8-10,17H,6-7H2,1-5H3. The normalized spacial score (nSPS) is 14.2. The predicted molar refractivity (Wildman–Crippen MR) is 84.0 cm³/mol. The van der Waals surface area contributed by atoms with Crippen molar-refractivity contribution in [3.8, 4) is 11.5 Å². The molecule has 0 radical (unpaired) electrons. The Hall–Kier alpha value is -1.36. The van der Waals surface area contributed by atoms with Crippen molar-refractivity contribution in [2.45, 2.75) is 45.3 Å². The van der Waals surface area contributed by atoms with Gasteiger partial charge in [-0.15, -0.1) is 0 Å². The average molecular weight is 297 g/mol. The van der Waals surface area contributed by atoms with E-state index in [0.717, 1.165) is 24.1 Å². The highest BCUT2D eigenvalue weighted by atomic mass is 32.2. The Morgan fingerprint density at radius 2 is 2.05 bits per heavy atom. The van der Waals surface area contributed by atoms with Crippen molar-refractivity contribution in [2.24, 2.45) is 4.40 Å². The predicted octanol–water partition coefficient (Wildman–Crippen LogP) is 3.26. The fraction of sp³-hybridized carbons (Fsp3) is 0.533. The summed E-state index contributed by atoms with van der Waals surface area (Å²) >= 11 is 0. The molecule has 0 aliphatic carbocycles. The number of phenolic OH excluding ortho intramolecular Hbond substituents is 1. The Labute approximate surface area is 123 Å². The summed E-state index contributed by atoms with van der Waals surface area (Å²) in [7, 11) is 0.314. The fourth-order valence-electron chi connectivity index (χ4n) is 1.53. The van der Waals surface area contributed by atoms with Gasteiger partial charge in [0.05, 0.1) is 11.9 Å². The molecule has 0 spiro atoms. The number of aromatic hydroxyl groups is 1. The van der Waals surface area contributed by atoms with Crippen molar-refractivity contribution in [2.75, 3.05) is 7.11 Å². The second kappa shape index (κ2) is 6.88. The van der Waals surface area contributed by atoms with Gasteiger partial charge in [-0.3, -0.25) is 0 Å². The number of hydrogen-bond acceptors (Lipinski definition) is 3. The molecule has 112 valence electrons. The molecule has 0 saturated carbocycles. The summed E-state index contributed by atoms with van der Waals surface area (Å²) in [5.41, 5.74) is 1.92. The summed E-state index contributed by atoms with van der Waals surface area (Å²) in [6.07, 6.45) is 1.50. The lowest BCUT2D eigenvalue weighted by Crippen LogP contribution is -2.20. The van der Waals surface area contributed by atoms with E-state index in [-0.39, 0.29) is 10.5 Å². The number of nitrogens with zero attached hydrogens (tertiary/aromatic N) is 1. The third-order valence-corrected chi connectivity index (χ3v) is 4.31. The van der Waals surface area contributed by atoms with Gasteiger partial charge in [0.1, 0.15) is 11.0 Å². The summed E-state index contributed by atoms with van der Waals surface area (Å²) in [6, 6.07) is 5.28. The van der Waals surface area contributed by atoms with Crippen LogP contribution in [0.25, 0.3) is 0 Å². The van der Waals surface area contributed by atoms with Gasteiger partial charge in [0, 0.05) is 5.71 Å². The minimum Gasteiger partial charge on any atom is -0.504 e. The van der Waals surface area contributed by atoms with E-state index >= 15 is 0 Å². The van der Waals surface area contributed by atoms with Gasteiger partial charge in [-0.05, 0) is 58.2 Å². The van der Waals surface area contributed by atoms with Crippen LogP contribution in [-0.4, -0.2) is 26.9 Å².